The zero-order chi connectivity index (χ0) is 14.3. The van der Waals surface area contributed by atoms with Gasteiger partial charge in [-0.05, 0) is 56.7 Å². The minimum absolute atomic E-state index is 0.112. The molecule has 0 heterocycles. The molecular weight excluding hydrogens is 307 g/mol. The smallest absolute Gasteiger partial charge is 0.126 e. The Morgan fingerprint density at radius 3 is 2.79 bits per heavy atom. The molecule has 4 heteroatoms. The second-order valence-corrected chi connectivity index (χ2v) is 6.00. The number of hydrogen-bond donors (Lipinski definition) is 1. The first-order valence-corrected chi connectivity index (χ1v) is 7.63. The van der Waals surface area contributed by atoms with Crippen molar-refractivity contribution in [2.24, 2.45) is 5.92 Å². The molecule has 1 N–H and O–H groups in total. The number of benzene rings is 1. The van der Waals surface area contributed by atoms with E-state index in [1.165, 1.54) is 6.07 Å². The average Bonchev–Trinajstić information content (AvgIpc) is 2.39. The number of rotatable bonds is 8. The summed E-state index contributed by atoms with van der Waals surface area (Å²) in [5.74, 6) is 0.543. The Bertz CT molecular complexity index is 384. The zero-order valence-electron chi connectivity index (χ0n) is 12.0. The highest BCUT2D eigenvalue weighted by Gasteiger charge is 2.10. The molecule has 1 atom stereocenters. The van der Waals surface area contributed by atoms with Crippen LogP contribution in [-0.4, -0.2) is 38.6 Å². The number of nitrogens with zero attached hydrogens (tertiary/aromatic N) is 1. The fourth-order valence-corrected chi connectivity index (χ4v) is 2.61. The molecule has 0 amide bonds. The van der Waals surface area contributed by atoms with Crippen LogP contribution in [0.2, 0.25) is 0 Å². The molecule has 0 bridgehead atoms. The number of hydrogen-bond acceptors (Lipinski definition) is 2. The number of likely N-dealkylation sites (N-methyl/N-ethyl adjacent to an activating group) is 1. The van der Waals surface area contributed by atoms with Crippen LogP contribution in [0.3, 0.4) is 0 Å². The third kappa shape index (κ3) is 6.02. The van der Waals surface area contributed by atoms with Crippen LogP contribution in [-0.2, 0) is 6.42 Å². The van der Waals surface area contributed by atoms with Crippen LogP contribution in [0.25, 0.3) is 0 Å². The first-order chi connectivity index (χ1) is 9.06. The Balaban J connectivity index is 2.45. The van der Waals surface area contributed by atoms with E-state index >= 15 is 0 Å². The van der Waals surface area contributed by atoms with Gasteiger partial charge in [-0.1, -0.05) is 29.3 Å². The van der Waals surface area contributed by atoms with Crippen LogP contribution >= 0.6 is 15.9 Å². The van der Waals surface area contributed by atoms with Gasteiger partial charge in [0, 0.05) is 17.6 Å². The summed E-state index contributed by atoms with van der Waals surface area (Å²) in [7, 11) is 4.09. The Labute approximate surface area is 124 Å². The molecule has 0 radical (unpaired) electrons. The van der Waals surface area contributed by atoms with E-state index < -0.39 is 0 Å². The van der Waals surface area contributed by atoms with Crippen molar-refractivity contribution in [2.45, 2.75) is 19.8 Å². The number of nitrogens with one attached hydrogen (secondary N) is 1. The molecular formula is C15H24BrFN2. The van der Waals surface area contributed by atoms with E-state index in [1.54, 1.807) is 6.07 Å². The lowest BCUT2D eigenvalue weighted by molar-refractivity contribution is 0.270. The van der Waals surface area contributed by atoms with E-state index in [0.717, 1.165) is 42.5 Å². The van der Waals surface area contributed by atoms with Gasteiger partial charge >= 0.3 is 0 Å². The van der Waals surface area contributed by atoms with Gasteiger partial charge in [-0.25, -0.2) is 4.39 Å². The highest BCUT2D eigenvalue weighted by molar-refractivity contribution is 9.10. The van der Waals surface area contributed by atoms with Crippen LogP contribution in [0.4, 0.5) is 4.39 Å². The molecule has 0 spiro atoms. The monoisotopic (exact) mass is 330 g/mol. The van der Waals surface area contributed by atoms with Gasteiger partial charge in [-0.3, -0.25) is 0 Å². The zero-order valence-corrected chi connectivity index (χ0v) is 13.6. The van der Waals surface area contributed by atoms with Crippen molar-refractivity contribution in [3.05, 3.63) is 34.1 Å². The minimum Gasteiger partial charge on any atom is -0.319 e. The molecule has 0 aliphatic carbocycles. The highest BCUT2D eigenvalue weighted by Crippen LogP contribution is 2.16. The summed E-state index contributed by atoms with van der Waals surface area (Å²) in [4.78, 5) is 2.28. The van der Waals surface area contributed by atoms with Crippen LogP contribution in [0.1, 0.15) is 18.9 Å². The molecule has 1 aromatic rings. The van der Waals surface area contributed by atoms with Crippen molar-refractivity contribution in [3.63, 3.8) is 0 Å². The Kier molecular flexibility index (Phi) is 7.57. The maximum absolute atomic E-state index is 13.6. The van der Waals surface area contributed by atoms with Crippen molar-refractivity contribution in [1.82, 2.24) is 10.2 Å². The normalized spacial score (nSPS) is 12.9. The molecule has 108 valence electrons. The molecule has 0 aliphatic heterocycles. The predicted octanol–water partition coefficient (Wildman–Crippen LogP) is 3.31. The summed E-state index contributed by atoms with van der Waals surface area (Å²) < 4.78 is 14.6. The maximum Gasteiger partial charge on any atom is 0.126 e. The summed E-state index contributed by atoms with van der Waals surface area (Å²) >= 11 is 3.39. The maximum atomic E-state index is 13.6. The fourth-order valence-electron chi connectivity index (χ4n) is 2.20. The summed E-state index contributed by atoms with van der Waals surface area (Å²) in [6.45, 7) is 5.18. The van der Waals surface area contributed by atoms with Gasteiger partial charge in [0.2, 0.25) is 0 Å². The average molecular weight is 331 g/mol. The standard InChI is InChI=1S/C15H24BrFN2/c1-4-12(10-18-2)11-19(3)8-7-13-9-14(16)5-6-15(13)17/h5-6,9,12,18H,4,7-8,10-11H2,1-3H3. The first-order valence-electron chi connectivity index (χ1n) is 6.83. The number of halogens is 2. The van der Waals surface area contributed by atoms with E-state index in [2.05, 4.69) is 40.1 Å². The molecule has 1 aromatic carbocycles. The topological polar surface area (TPSA) is 15.3 Å². The summed E-state index contributed by atoms with van der Waals surface area (Å²) in [6.07, 6.45) is 1.91. The van der Waals surface area contributed by atoms with Gasteiger partial charge in [-0.2, -0.15) is 0 Å². The van der Waals surface area contributed by atoms with Gasteiger partial charge in [0.1, 0.15) is 5.82 Å². The Morgan fingerprint density at radius 2 is 2.16 bits per heavy atom. The van der Waals surface area contributed by atoms with E-state index in [4.69, 9.17) is 0 Å². The van der Waals surface area contributed by atoms with Gasteiger partial charge in [0.25, 0.3) is 0 Å². The molecule has 1 rings (SSSR count). The van der Waals surface area contributed by atoms with Gasteiger partial charge in [0.05, 0.1) is 0 Å². The van der Waals surface area contributed by atoms with E-state index in [-0.39, 0.29) is 5.82 Å². The van der Waals surface area contributed by atoms with E-state index in [9.17, 15) is 4.39 Å². The minimum atomic E-state index is -0.112. The summed E-state index contributed by atoms with van der Waals surface area (Å²) in [5, 5.41) is 3.22. The van der Waals surface area contributed by atoms with Crippen molar-refractivity contribution in [3.8, 4) is 0 Å². The fraction of sp³-hybridized carbons (Fsp3) is 0.600. The molecule has 0 saturated heterocycles. The van der Waals surface area contributed by atoms with Crippen molar-refractivity contribution in [1.29, 1.82) is 0 Å². The lowest BCUT2D eigenvalue weighted by Crippen LogP contribution is -2.32. The van der Waals surface area contributed by atoms with Crippen molar-refractivity contribution < 1.29 is 4.39 Å². The SMILES string of the molecule is CCC(CNC)CN(C)CCc1cc(Br)ccc1F. The quantitative estimate of drug-likeness (QED) is 0.786. The van der Waals surface area contributed by atoms with Crippen LogP contribution in [0.5, 0.6) is 0 Å². The molecule has 2 nitrogen and oxygen atoms in total. The Morgan fingerprint density at radius 1 is 1.42 bits per heavy atom. The second-order valence-electron chi connectivity index (χ2n) is 5.08. The van der Waals surface area contributed by atoms with E-state index in [1.807, 2.05) is 13.1 Å². The van der Waals surface area contributed by atoms with Crippen molar-refractivity contribution >= 4 is 15.9 Å². The highest BCUT2D eigenvalue weighted by atomic mass is 79.9. The molecule has 19 heavy (non-hydrogen) atoms. The van der Waals surface area contributed by atoms with Crippen molar-refractivity contribution in [2.75, 3.05) is 33.7 Å². The van der Waals surface area contributed by atoms with E-state index in [0.29, 0.717) is 5.92 Å². The summed E-state index contributed by atoms with van der Waals surface area (Å²) in [5.41, 5.74) is 0.780. The summed E-state index contributed by atoms with van der Waals surface area (Å²) in [6, 6.07) is 5.13. The van der Waals surface area contributed by atoms with Gasteiger partial charge < -0.3 is 10.2 Å². The first kappa shape index (κ1) is 16.6. The third-order valence-corrected chi connectivity index (χ3v) is 3.90. The lowest BCUT2D eigenvalue weighted by atomic mass is 10.1. The molecule has 0 fully saturated rings. The predicted molar refractivity (Wildman–Crippen MR) is 83.0 cm³/mol. The third-order valence-electron chi connectivity index (χ3n) is 3.41. The van der Waals surface area contributed by atoms with Gasteiger partial charge in [0.15, 0.2) is 0 Å². The lowest BCUT2D eigenvalue weighted by Gasteiger charge is -2.23. The Hall–Kier alpha value is -0.450. The molecule has 0 aromatic heterocycles. The second kappa shape index (κ2) is 8.67. The molecule has 0 aliphatic rings. The van der Waals surface area contributed by atoms with Crippen LogP contribution in [0, 0.1) is 11.7 Å². The van der Waals surface area contributed by atoms with Crippen LogP contribution < -0.4 is 5.32 Å². The molecule has 0 saturated carbocycles. The largest absolute Gasteiger partial charge is 0.319 e. The van der Waals surface area contributed by atoms with Gasteiger partial charge in [-0.15, -0.1) is 0 Å². The molecule has 1 unspecified atom stereocenters. The van der Waals surface area contributed by atoms with Crippen LogP contribution in [0.15, 0.2) is 22.7 Å².